The molecule has 7 nitrogen and oxygen atoms in total. The number of rotatable bonds is 4. The summed E-state index contributed by atoms with van der Waals surface area (Å²) in [4.78, 5) is 25.5. The fraction of sp³-hybridized carbons (Fsp3) is 0.556. The zero-order valence-corrected chi connectivity index (χ0v) is 15.7. The van der Waals surface area contributed by atoms with E-state index < -0.39 is 9.84 Å². The van der Waals surface area contributed by atoms with E-state index in [9.17, 15) is 18.0 Å². The summed E-state index contributed by atoms with van der Waals surface area (Å²) in [7, 11) is -3.00. The highest BCUT2D eigenvalue weighted by Crippen LogP contribution is 2.25. The Morgan fingerprint density at radius 3 is 2.85 bits per heavy atom. The lowest BCUT2D eigenvalue weighted by Crippen LogP contribution is -2.35. The molecule has 0 bridgehead atoms. The Kier molecular flexibility index (Phi) is 5.50. The molecule has 2 heterocycles. The van der Waals surface area contributed by atoms with Crippen molar-refractivity contribution in [2.75, 3.05) is 24.7 Å². The molecule has 0 spiro atoms. The summed E-state index contributed by atoms with van der Waals surface area (Å²) >= 11 is 0. The molecule has 2 aliphatic rings. The minimum atomic E-state index is -3.00. The number of nitrogens with one attached hydrogen (secondary N) is 1. The van der Waals surface area contributed by atoms with Crippen molar-refractivity contribution in [3.8, 4) is 5.75 Å². The quantitative estimate of drug-likeness (QED) is 0.829. The number of carbonyl (C=O) groups is 2. The van der Waals surface area contributed by atoms with Crippen molar-refractivity contribution in [3.63, 3.8) is 0 Å². The lowest BCUT2D eigenvalue weighted by atomic mass is 10.0. The van der Waals surface area contributed by atoms with Crippen LogP contribution >= 0.6 is 0 Å². The Hall–Kier alpha value is -2.09. The third-order valence-corrected chi connectivity index (χ3v) is 6.56. The van der Waals surface area contributed by atoms with Crippen molar-refractivity contribution >= 4 is 21.7 Å². The van der Waals surface area contributed by atoms with E-state index in [-0.39, 0.29) is 29.4 Å². The second-order valence-electron chi connectivity index (χ2n) is 6.90. The molecule has 1 saturated heterocycles. The molecule has 1 aromatic carbocycles. The Morgan fingerprint density at radius 1 is 1.35 bits per heavy atom. The molecular formula is C18H24N2O5S. The number of fused-ring (bicyclic) bond motifs is 1. The molecule has 3 rings (SSSR count). The van der Waals surface area contributed by atoms with Crippen molar-refractivity contribution in [1.82, 2.24) is 10.2 Å². The third-order valence-electron chi connectivity index (χ3n) is 4.79. The highest BCUT2D eigenvalue weighted by Gasteiger charge is 2.28. The number of amides is 2. The van der Waals surface area contributed by atoms with Gasteiger partial charge in [-0.05, 0) is 24.5 Å². The van der Waals surface area contributed by atoms with Gasteiger partial charge in [0, 0.05) is 31.5 Å². The van der Waals surface area contributed by atoms with Gasteiger partial charge in [-0.2, -0.15) is 0 Å². The SMILES string of the molecule is CC(=O)N1CCOc2ccc(CCC(=O)NC3CCS(=O)(=O)C3)cc2C1. The molecule has 1 atom stereocenters. The average Bonchev–Trinajstić information content (AvgIpc) is 2.80. The number of aryl methyl sites for hydroxylation is 1. The minimum Gasteiger partial charge on any atom is -0.491 e. The summed E-state index contributed by atoms with van der Waals surface area (Å²) in [6, 6.07) is 5.52. The lowest BCUT2D eigenvalue weighted by Gasteiger charge is -2.17. The molecule has 2 aliphatic heterocycles. The van der Waals surface area contributed by atoms with Gasteiger partial charge in [0.15, 0.2) is 9.84 Å². The smallest absolute Gasteiger partial charge is 0.220 e. The summed E-state index contributed by atoms with van der Waals surface area (Å²) in [5.41, 5.74) is 1.93. The van der Waals surface area contributed by atoms with E-state index in [1.165, 1.54) is 0 Å². The first-order valence-corrected chi connectivity index (χ1v) is 10.6. The number of benzene rings is 1. The van der Waals surface area contributed by atoms with Crippen LogP contribution in [0, 0.1) is 0 Å². The Labute approximate surface area is 153 Å². The largest absolute Gasteiger partial charge is 0.491 e. The summed E-state index contributed by atoms with van der Waals surface area (Å²) in [6.07, 6.45) is 1.34. The van der Waals surface area contributed by atoms with Crippen molar-refractivity contribution < 1.29 is 22.7 Å². The number of ether oxygens (including phenoxy) is 1. The first-order valence-electron chi connectivity index (χ1n) is 8.82. The number of sulfone groups is 1. The molecule has 1 aromatic rings. The van der Waals surface area contributed by atoms with Gasteiger partial charge in [0.2, 0.25) is 11.8 Å². The van der Waals surface area contributed by atoms with E-state index >= 15 is 0 Å². The first-order chi connectivity index (χ1) is 12.3. The maximum atomic E-state index is 12.1. The van der Waals surface area contributed by atoms with Gasteiger partial charge in [-0.1, -0.05) is 12.1 Å². The summed E-state index contributed by atoms with van der Waals surface area (Å²) < 4.78 is 28.6. The van der Waals surface area contributed by atoms with Gasteiger partial charge in [-0.15, -0.1) is 0 Å². The van der Waals surface area contributed by atoms with E-state index in [4.69, 9.17) is 4.74 Å². The van der Waals surface area contributed by atoms with Crippen LogP contribution in [0.2, 0.25) is 0 Å². The summed E-state index contributed by atoms with van der Waals surface area (Å²) in [5.74, 6) is 0.838. The normalized spacial score (nSPS) is 21.4. The van der Waals surface area contributed by atoms with Gasteiger partial charge in [0.25, 0.3) is 0 Å². The van der Waals surface area contributed by atoms with Crippen LogP contribution in [-0.2, 0) is 32.4 Å². The molecule has 1 fully saturated rings. The topological polar surface area (TPSA) is 92.8 Å². The highest BCUT2D eigenvalue weighted by molar-refractivity contribution is 7.91. The van der Waals surface area contributed by atoms with E-state index in [1.54, 1.807) is 11.8 Å². The van der Waals surface area contributed by atoms with Gasteiger partial charge >= 0.3 is 0 Å². The molecule has 26 heavy (non-hydrogen) atoms. The molecule has 0 aliphatic carbocycles. The number of hydrogen-bond donors (Lipinski definition) is 1. The van der Waals surface area contributed by atoms with Crippen molar-refractivity contribution in [3.05, 3.63) is 29.3 Å². The van der Waals surface area contributed by atoms with Crippen molar-refractivity contribution in [1.29, 1.82) is 0 Å². The molecular weight excluding hydrogens is 356 g/mol. The highest BCUT2D eigenvalue weighted by atomic mass is 32.2. The maximum absolute atomic E-state index is 12.1. The van der Waals surface area contributed by atoms with Gasteiger partial charge in [-0.25, -0.2) is 8.42 Å². The van der Waals surface area contributed by atoms with Crippen molar-refractivity contribution in [2.45, 2.75) is 38.8 Å². The summed E-state index contributed by atoms with van der Waals surface area (Å²) in [5, 5.41) is 2.80. The zero-order valence-electron chi connectivity index (χ0n) is 14.9. The van der Waals surface area contributed by atoms with E-state index in [2.05, 4.69) is 5.32 Å². The van der Waals surface area contributed by atoms with Crippen LogP contribution in [0.5, 0.6) is 5.75 Å². The number of nitrogens with zero attached hydrogens (tertiary/aromatic N) is 1. The van der Waals surface area contributed by atoms with Crippen LogP contribution in [0.1, 0.15) is 30.9 Å². The van der Waals surface area contributed by atoms with E-state index in [1.807, 2.05) is 18.2 Å². The predicted octanol–water partition coefficient (Wildman–Crippen LogP) is 0.663. The van der Waals surface area contributed by atoms with Gasteiger partial charge in [0.1, 0.15) is 12.4 Å². The standard InChI is InChI=1S/C18H24N2O5S/c1-13(21)20-7-8-25-17-4-2-14(10-15(17)11-20)3-5-18(22)19-16-6-9-26(23,24)12-16/h2,4,10,16H,3,5-9,11-12H2,1H3,(H,19,22). The molecule has 8 heteroatoms. The second kappa shape index (κ2) is 7.65. The molecule has 0 aromatic heterocycles. The van der Waals surface area contributed by atoms with Crippen LogP contribution in [0.4, 0.5) is 0 Å². The number of carbonyl (C=O) groups excluding carboxylic acids is 2. The fourth-order valence-corrected chi connectivity index (χ4v) is 5.01. The minimum absolute atomic E-state index is 0.0118. The van der Waals surface area contributed by atoms with Crippen LogP contribution < -0.4 is 10.1 Å². The molecule has 0 saturated carbocycles. The monoisotopic (exact) mass is 380 g/mol. The first kappa shape index (κ1) is 18.7. The Bertz CT molecular complexity index is 806. The van der Waals surface area contributed by atoms with Gasteiger partial charge in [0.05, 0.1) is 18.1 Å². The van der Waals surface area contributed by atoms with Crippen LogP contribution in [0.3, 0.4) is 0 Å². The average molecular weight is 380 g/mol. The van der Waals surface area contributed by atoms with E-state index in [0.29, 0.717) is 39.0 Å². The third kappa shape index (κ3) is 4.75. The lowest BCUT2D eigenvalue weighted by molar-refractivity contribution is -0.129. The molecule has 2 amide bonds. The maximum Gasteiger partial charge on any atom is 0.220 e. The van der Waals surface area contributed by atoms with Crippen LogP contribution in [-0.4, -0.2) is 55.8 Å². The number of hydrogen-bond acceptors (Lipinski definition) is 5. The van der Waals surface area contributed by atoms with E-state index in [0.717, 1.165) is 16.9 Å². The van der Waals surface area contributed by atoms with Crippen LogP contribution in [0.15, 0.2) is 18.2 Å². The molecule has 1 N–H and O–H groups in total. The van der Waals surface area contributed by atoms with Crippen LogP contribution in [0.25, 0.3) is 0 Å². The molecule has 1 unspecified atom stereocenters. The Morgan fingerprint density at radius 2 is 2.15 bits per heavy atom. The summed E-state index contributed by atoms with van der Waals surface area (Å²) in [6.45, 7) is 3.08. The molecule has 142 valence electrons. The predicted molar refractivity (Wildman–Crippen MR) is 96.6 cm³/mol. The fourth-order valence-electron chi connectivity index (χ4n) is 3.34. The molecule has 0 radical (unpaired) electrons. The Balaban J connectivity index is 1.57. The van der Waals surface area contributed by atoms with Crippen molar-refractivity contribution in [2.24, 2.45) is 0 Å². The second-order valence-corrected chi connectivity index (χ2v) is 9.13. The van der Waals surface area contributed by atoms with Gasteiger partial charge < -0.3 is 15.0 Å². The van der Waals surface area contributed by atoms with Gasteiger partial charge in [-0.3, -0.25) is 9.59 Å². The zero-order chi connectivity index (χ0) is 18.7.